The Hall–Kier alpha value is -0.540. The Morgan fingerprint density at radius 3 is 2.54 bits per heavy atom. The minimum Gasteiger partial charge on any atom is -0.508 e. The molecular weight excluding hydrogens is 232 g/mol. The van der Waals surface area contributed by atoms with Crippen molar-refractivity contribution in [3.8, 4) is 5.75 Å². The number of rotatable bonds is 2. The number of halogens is 1. The predicted molar refractivity (Wildman–Crippen MR) is 57.9 cm³/mol. The van der Waals surface area contributed by atoms with Crippen LogP contribution in [-0.4, -0.2) is 12.2 Å². The van der Waals surface area contributed by atoms with E-state index < -0.39 is 0 Å². The van der Waals surface area contributed by atoms with Crippen LogP contribution in [0.5, 0.6) is 5.75 Å². The molecule has 0 atom stereocenters. The smallest absolute Gasteiger partial charge is 0.121 e. The van der Waals surface area contributed by atoms with Gasteiger partial charge in [-0.15, -0.1) is 0 Å². The van der Waals surface area contributed by atoms with Crippen LogP contribution in [0.4, 0.5) is 0 Å². The van der Waals surface area contributed by atoms with Gasteiger partial charge in [0.1, 0.15) is 5.75 Å². The highest BCUT2D eigenvalue weighted by Gasteiger charge is 1.99. The third-order valence-corrected chi connectivity index (χ3v) is 1.83. The largest absolute Gasteiger partial charge is 0.508 e. The van der Waals surface area contributed by atoms with Gasteiger partial charge in [-0.3, -0.25) is 0 Å². The Morgan fingerprint density at radius 2 is 2.00 bits per heavy atom. The van der Waals surface area contributed by atoms with Crippen molar-refractivity contribution < 1.29 is 9.84 Å². The summed E-state index contributed by atoms with van der Waals surface area (Å²) in [7, 11) is 1.60. The number of phenols is 1. The minimum atomic E-state index is 0.273. The average molecular weight is 247 g/mol. The van der Waals surface area contributed by atoms with Crippen LogP contribution in [0, 0.1) is 0 Å². The molecule has 1 aromatic carbocycles. The molecule has 0 aromatic heterocycles. The highest BCUT2D eigenvalue weighted by molar-refractivity contribution is 9.10. The molecule has 0 aliphatic heterocycles. The topological polar surface area (TPSA) is 29.5 Å². The maximum atomic E-state index is 9.27. The molecule has 0 radical (unpaired) electrons. The summed E-state index contributed by atoms with van der Waals surface area (Å²) in [5.41, 5.74) is 0.793. The molecule has 2 nitrogen and oxygen atoms in total. The third kappa shape index (κ3) is 4.29. The lowest BCUT2D eigenvalue weighted by atomic mass is 10.2. The van der Waals surface area contributed by atoms with Gasteiger partial charge in [0.05, 0.1) is 6.61 Å². The normalized spacial score (nSPS) is 8.92. The molecule has 0 heterocycles. The average Bonchev–Trinajstić information content (AvgIpc) is 2.15. The Balaban J connectivity index is 0.000000671. The van der Waals surface area contributed by atoms with Crippen LogP contribution in [0.25, 0.3) is 0 Å². The van der Waals surface area contributed by atoms with Crippen LogP contribution in [0.1, 0.15) is 19.4 Å². The highest BCUT2D eigenvalue weighted by Crippen LogP contribution is 2.21. The van der Waals surface area contributed by atoms with E-state index >= 15 is 0 Å². The molecule has 3 heteroatoms. The Kier molecular flexibility index (Phi) is 6.63. The molecule has 0 amide bonds. The molecule has 0 spiro atoms. The summed E-state index contributed by atoms with van der Waals surface area (Å²) in [5, 5.41) is 9.27. The van der Waals surface area contributed by atoms with E-state index in [9.17, 15) is 5.11 Å². The summed E-state index contributed by atoms with van der Waals surface area (Å²) >= 11 is 3.30. The summed E-state index contributed by atoms with van der Waals surface area (Å²) in [6.45, 7) is 4.44. The molecule has 0 saturated carbocycles. The van der Waals surface area contributed by atoms with Gasteiger partial charge in [0.25, 0.3) is 0 Å². The molecular formula is C10H15BrO2. The van der Waals surface area contributed by atoms with Crippen molar-refractivity contribution in [1.82, 2.24) is 0 Å². The van der Waals surface area contributed by atoms with E-state index in [4.69, 9.17) is 4.74 Å². The fourth-order valence-corrected chi connectivity index (χ4v) is 1.23. The van der Waals surface area contributed by atoms with Crippen molar-refractivity contribution in [2.24, 2.45) is 0 Å². The first-order chi connectivity index (χ1) is 6.24. The zero-order valence-electron chi connectivity index (χ0n) is 8.17. The van der Waals surface area contributed by atoms with Crippen molar-refractivity contribution in [3.05, 3.63) is 28.2 Å². The van der Waals surface area contributed by atoms with Crippen LogP contribution in [0.15, 0.2) is 22.7 Å². The summed E-state index contributed by atoms with van der Waals surface area (Å²) < 4.78 is 5.83. The van der Waals surface area contributed by atoms with Crippen molar-refractivity contribution >= 4 is 15.9 Å². The molecule has 0 bridgehead atoms. The second-order valence-electron chi connectivity index (χ2n) is 2.21. The van der Waals surface area contributed by atoms with Crippen molar-refractivity contribution in [2.75, 3.05) is 7.11 Å². The van der Waals surface area contributed by atoms with Crippen LogP contribution >= 0.6 is 15.9 Å². The van der Waals surface area contributed by atoms with Crippen molar-refractivity contribution in [1.29, 1.82) is 0 Å². The number of phenolic OH excluding ortho intramolecular Hbond substituents is 1. The molecule has 1 aromatic rings. The van der Waals surface area contributed by atoms with Crippen LogP contribution in [-0.2, 0) is 11.3 Å². The van der Waals surface area contributed by atoms with Crippen molar-refractivity contribution in [3.63, 3.8) is 0 Å². The maximum absolute atomic E-state index is 9.27. The quantitative estimate of drug-likeness (QED) is 0.868. The number of hydrogen-bond donors (Lipinski definition) is 1. The van der Waals surface area contributed by atoms with E-state index in [1.54, 1.807) is 19.2 Å². The van der Waals surface area contributed by atoms with Gasteiger partial charge in [0.15, 0.2) is 0 Å². The second kappa shape index (κ2) is 6.92. The Labute approximate surface area is 87.7 Å². The zero-order chi connectivity index (χ0) is 10.3. The molecule has 0 unspecified atom stereocenters. The van der Waals surface area contributed by atoms with E-state index in [1.165, 1.54) is 0 Å². The Morgan fingerprint density at radius 1 is 1.38 bits per heavy atom. The van der Waals surface area contributed by atoms with Crippen LogP contribution in [0.2, 0.25) is 0 Å². The molecule has 0 aliphatic carbocycles. The first-order valence-corrected chi connectivity index (χ1v) is 4.99. The Bertz CT molecular complexity index is 249. The fraction of sp³-hybridized carbons (Fsp3) is 0.400. The lowest BCUT2D eigenvalue weighted by Gasteiger charge is -2.02. The number of benzene rings is 1. The number of methoxy groups -OCH3 is 1. The van der Waals surface area contributed by atoms with Crippen LogP contribution in [0.3, 0.4) is 0 Å². The van der Waals surface area contributed by atoms with Gasteiger partial charge in [0.2, 0.25) is 0 Å². The third-order valence-electron chi connectivity index (χ3n) is 1.34. The van der Waals surface area contributed by atoms with Gasteiger partial charge >= 0.3 is 0 Å². The van der Waals surface area contributed by atoms with E-state index in [-0.39, 0.29) is 5.75 Å². The summed E-state index contributed by atoms with van der Waals surface area (Å²) in [5.74, 6) is 0.273. The van der Waals surface area contributed by atoms with E-state index in [0.717, 1.165) is 10.0 Å². The monoisotopic (exact) mass is 246 g/mol. The number of aromatic hydroxyl groups is 1. The van der Waals surface area contributed by atoms with E-state index in [0.29, 0.717) is 6.61 Å². The number of hydrogen-bond acceptors (Lipinski definition) is 2. The SMILES string of the molecule is CC.COCc1cc(Br)ccc1O. The van der Waals surface area contributed by atoms with Gasteiger partial charge in [-0.05, 0) is 18.2 Å². The fourth-order valence-electron chi connectivity index (χ4n) is 0.825. The lowest BCUT2D eigenvalue weighted by molar-refractivity contribution is 0.182. The zero-order valence-corrected chi connectivity index (χ0v) is 9.76. The first-order valence-electron chi connectivity index (χ1n) is 4.20. The molecule has 74 valence electrons. The summed E-state index contributed by atoms with van der Waals surface area (Å²) in [6, 6.07) is 5.26. The van der Waals surface area contributed by atoms with E-state index in [1.807, 2.05) is 19.9 Å². The summed E-state index contributed by atoms with van der Waals surface area (Å²) in [6.07, 6.45) is 0. The van der Waals surface area contributed by atoms with Gasteiger partial charge in [-0.25, -0.2) is 0 Å². The highest BCUT2D eigenvalue weighted by atomic mass is 79.9. The first kappa shape index (κ1) is 12.5. The minimum absolute atomic E-state index is 0.273. The maximum Gasteiger partial charge on any atom is 0.121 e. The van der Waals surface area contributed by atoms with Crippen LogP contribution < -0.4 is 0 Å². The molecule has 0 aliphatic rings. The van der Waals surface area contributed by atoms with Gasteiger partial charge in [-0.1, -0.05) is 29.8 Å². The molecule has 0 fully saturated rings. The summed E-state index contributed by atoms with van der Waals surface area (Å²) in [4.78, 5) is 0. The standard InChI is InChI=1S/C8H9BrO2.C2H6/c1-11-5-6-4-7(9)2-3-8(6)10;1-2/h2-4,10H,5H2,1H3;1-2H3. The lowest BCUT2D eigenvalue weighted by Crippen LogP contribution is -1.87. The van der Waals surface area contributed by atoms with Gasteiger partial charge in [-0.2, -0.15) is 0 Å². The van der Waals surface area contributed by atoms with Crippen molar-refractivity contribution in [2.45, 2.75) is 20.5 Å². The second-order valence-corrected chi connectivity index (χ2v) is 3.12. The predicted octanol–water partition coefficient (Wildman–Crippen LogP) is 3.33. The molecule has 1 rings (SSSR count). The number of ether oxygens (including phenoxy) is 1. The van der Waals surface area contributed by atoms with Gasteiger partial charge < -0.3 is 9.84 Å². The molecule has 0 saturated heterocycles. The van der Waals surface area contributed by atoms with E-state index in [2.05, 4.69) is 15.9 Å². The molecule has 13 heavy (non-hydrogen) atoms. The van der Waals surface area contributed by atoms with Gasteiger partial charge in [0, 0.05) is 17.1 Å². The molecule has 1 N–H and O–H groups in total.